The van der Waals surface area contributed by atoms with E-state index in [0.29, 0.717) is 5.95 Å². The molecule has 0 radical (unpaired) electrons. The Hall–Kier alpha value is -3.32. The van der Waals surface area contributed by atoms with Crippen LogP contribution in [0.1, 0.15) is 16.1 Å². The molecule has 0 bridgehead atoms. The molecular formula is C25H34N4O5Si2. The second-order valence-corrected chi connectivity index (χ2v) is 19.9. The molecule has 2 aromatic heterocycles. The van der Waals surface area contributed by atoms with E-state index in [-0.39, 0.29) is 29.2 Å². The summed E-state index contributed by atoms with van der Waals surface area (Å²) in [6.07, 6.45) is 0. The molecule has 0 saturated carbocycles. The lowest BCUT2D eigenvalue weighted by atomic mass is 10.2. The van der Waals surface area contributed by atoms with E-state index in [2.05, 4.69) is 65.8 Å². The highest BCUT2D eigenvalue weighted by molar-refractivity contribution is 7.03. The van der Waals surface area contributed by atoms with Crippen molar-refractivity contribution in [2.24, 2.45) is 0 Å². The smallest absolute Gasteiger partial charge is 0.291 e. The molecule has 0 atom stereocenters. The van der Waals surface area contributed by atoms with Crippen molar-refractivity contribution >= 4 is 44.1 Å². The Morgan fingerprint density at radius 2 is 1.56 bits per heavy atom. The summed E-state index contributed by atoms with van der Waals surface area (Å²) in [5.41, 5.74) is 1.27. The zero-order chi connectivity index (χ0) is 26.3. The molecular weight excluding hydrogens is 492 g/mol. The minimum absolute atomic E-state index is 0.0747. The minimum Gasteiger partial charge on any atom is -0.479 e. The number of furan rings is 1. The molecule has 11 heteroatoms. The lowest BCUT2D eigenvalue weighted by molar-refractivity contribution is 0.0990. The van der Waals surface area contributed by atoms with Crippen molar-refractivity contribution in [3.05, 3.63) is 35.6 Å². The molecule has 0 unspecified atom stereocenters. The molecule has 1 aliphatic rings. The van der Waals surface area contributed by atoms with Crippen LogP contribution in [0.3, 0.4) is 0 Å². The van der Waals surface area contributed by atoms with Gasteiger partial charge in [-0.2, -0.15) is 9.97 Å². The summed E-state index contributed by atoms with van der Waals surface area (Å²) in [6.45, 7) is 11.8. The van der Waals surface area contributed by atoms with Gasteiger partial charge in [0.2, 0.25) is 17.7 Å². The third-order valence-electron chi connectivity index (χ3n) is 6.86. The van der Waals surface area contributed by atoms with Gasteiger partial charge >= 0.3 is 0 Å². The first-order valence-corrected chi connectivity index (χ1v) is 18.3. The zero-order valence-corrected chi connectivity index (χ0v) is 24.2. The van der Waals surface area contributed by atoms with Crippen LogP contribution >= 0.6 is 0 Å². The van der Waals surface area contributed by atoms with E-state index in [4.69, 9.17) is 18.6 Å². The minimum atomic E-state index is -1.53. The predicted molar refractivity (Wildman–Crippen MR) is 146 cm³/mol. The molecule has 2 N–H and O–H groups in total. The number of fused-ring (bicyclic) bond motifs is 1. The molecule has 192 valence electrons. The number of carbonyl (C=O) groups is 1. The number of carbonyl (C=O) groups excluding carboxylic acids is 1. The van der Waals surface area contributed by atoms with E-state index in [1.54, 1.807) is 24.4 Å². The third kappa shape index (κ3) is 4.85. The summed E-state index contributed by atoms with van der Waals surface area (Å²) in [6, 6.07) is 10.4. The number of anilines is 2. The topological polar surface area (TPSA) is 108 Å². The van der Waals surface area contributed by atoms with E-state index in [0.717, 1.165) is 11.3 Å². The summed E-state index contributed by atoms with van der Waals surface area (Å²) in [5.74, 6) is 1.19. The van der Waals surface area contributed by atoms with E-state index in [9.17, 15) is 4.79 Å². The fourth-order valence-corrected chi connectivity index (χ4v) is 14.8. The molecule has 3 heterocycles. The summed E-state index contributed by atoms with van der Waals surface area (Å²) in [7, 11) is 1.59. The van der Waals surface area contributed by atoms with Gasteiger partial charge < -0.3 is 29.3 Å². The Morgan fingerprint density at radius 1 is 0.972 bits per heavy atom. The van der Waals surface area contributed by atoms with Crippen molar-refractivity contribution in [2.75, 3.05) is 31.9 Å². The van der Waals surface area contributed by atoms with Gasteiger partial charge in [0.15, 0.2) is 11.4 Å². The molecule has 36 heavy (non-hydrogen) atoms. The van der Waals surface area contributed by atoms with E-state index >= 15 is 0 Å². The van der Waals surface area contributed by atoms with Crippen molar-refractivity contribution in [1.82, 2.24) is 9.97 Å². The number of aromatic nitrogens is 2. The number of ether oxygens (including phenoxy) is 3. The first kappa shape index (κ1) is 25.8. The van der Waals surface area contributed by atoms with Gasteiger partial charge in [-0.15, -0.1) is 0 Å². The van der Waals surface area contributed by atoms with Crippen LogP contribution in [0.15, 0.2) is 28.7 Å². The average molecular weight is 527 g/mol. The molecule has 1 amide bonds. The lowest BCUT2D eigenvalue weighted by Gasteiger charge is -2.40. The number of hydrogen-bond acceptors (Lipinski definition) is 8. The van der Waals surface area contributed by atoms with Gasteiger partial charge in [-0.1, -0.05) is 54.7 Å². The first-order valence-electron chi connectivity index (χ1n) is 11.9. The van der Waals surface area contributed by atoms with E-state index in [1.165, 1.54) is 31.5 Å². The lowest BCUT2D eigenvalue weighted by Crippen LogP contribution is -2.63. The maximum absolute atomic E-state index is 13.0. The Labute approximate surface area is 213 Å². The SMILES string of the molecule is CNc1nc(OC)c(NC(=O)c2ccc(Oc3cc4c(cc3C)[Si](C)(C)CC[Si]4(C)C)o2)c(OC)n1. The second kappa shape index (κ2) is 9.62. The number of methoxy groups -OCH3 is 2. The second-order valence-electron chi connectivity index (χ2n) is 10.3. The highest BCUT2D eigenvalue weighted by Crippen LogP contribution is 2.34. The summed E-state index contributed by atoms with van der Waals surface area (Å²) in [5, 5.41) is 8.58. The van der Waals surface area contributed by atoms with Crippen LogP contribution < -0.4 is 35.2 Å². The van der Waals surface area contributed by atoms with Gasteiger partial charge in [0.1, 0.15) is 5.75 Å². The van der Waals surface area contributed by atoms with Crippen LogP contribution in [0.5, 0.6) is 23.5 Å². The molecule has 0 fully saturated rings. The maximum atomic E-state index is 13.0. The number of nitrogens with one attached hydrogen (secondary N) is 2. The van der Waals surface area contributed by atoms with Gasteiger partial charge in [0, 0.05) is 13.1 Å². The average Bonchev–Trinajstić information content (AvgIpc) is 3.31. The molecule has 0 saturated heterocycles. The maximum Gasteiger partial charge on any atom is 0.291 e. The molecule has 9 nitrogen and oxygen atoms in total. The Balaban J connectivity index is 1.58. The molecule has 1 aromatic carbocycles. The van der Waals surface area contributed by atoms with Gasteiger partial charge in [-0.25, -0.2) is 0 Å². The molecule has 0 aliphatic carbocycles. The quantitative estimate of drug-likeness (QED) is 0.438. The van der Waals surface area contributed by atoms with Crippen molar-refractivity contribution in [3.63, 3.8) is 0 Å². The van der Waals surface area contributed by atoms with E-state index in [1.807, 2.05) is 0 Å². The third-order valence-corrected chi connectivity index (χ3v) is 14.3. The first-order chi connectivity index (χ1) is 17.0. The molecule has 4 rings (SSSR count). The monoisotopic (exact) mass is 526 g/mol. The largest absolute Gasteiger partial charge is 0.479 e. The summed E-state index contributed by atoms with van der Waals surface area (Å²) >= 11 is 0. The highest BCUT2D eigenvalue weighted by atomic mass is 28.3. The number of nitrogens with zero attached hydrogens (tertiary/aromatic N) is 2. The molecule has 0 spiro atoms. The Kier molecular flexibility index (Phi) is 6.89. The molecule has 1 aliphatic heterocycles. The van der Waals surface area contributed by atoms with Gasteiger partial charge in [-0.05, 0) is 24.6 Å². The normalized spacial score (nSPS) is 15.6. The number of benzene rings is 1. The fourth-order valence-electron chi connectivity index (χ4n) is 4.53. The number of rotatable bonds is 7. The van der Waals surface area contributed by atoms with Crippen LogP contribution in [-0.2, 0) is 0 Å². The standard InChI is InChI=1S/C25H34N4O5Si2/c1-15-13-18-19(36(7,8)12-11-35(18,5)6)14-17(15)34-20-10-9-16(33-20)22(30)27-21-23(31-3)28-25(26-2)29-24(21)32-4/h9-10,13-14H,11-12H2,1-8H3,(H,27,30)(H,26,28,29). The highest BCUT2D eigenvalue weighted by Gasteiger charge is 2.40. The van der Waals surface area contributed by atoms with Crippen LogP contribution in [0.25, 0.3) is 0 Å². The van der Waals surface area contributed by atoms with Crippen LogP contribution in [0.4, 0.5) is 11.6 Å². The number of aryl methyl sites for hydroxylation is 1. The van der Waals surface area contributed by atoms with Gasteiger partial charge in [0.25, 0.3) is 11.9 Å². The van der Waals surface area contributed by atoms with Crippen molar-refractivity contribution < 1.29 is 23.4 Å². The van der Waals surface area contributed by atoms with Crippen molar-refractivity contribution in [2.45, 2.75) is 45.2 Å². The summed E-state index contributed by atoms with van der Waals surface area (Å²) < 4.78 is 22.5. The van der Waals surface area contributed by atoms with Crippen LogP contribution in [0.2, 0.25) is 38.3 Å². The number of amides is 1. The van der Waals surface area contributed by atoms with Crippen LogP contribution in [0, 0.1) is 6.92 Å². The van der Waals surface area contributed by atoms with Crippen molar-refractivity contribution in [3.8, 4) is 23.5 Å². The van der Waals surface area contributed by atoms with Gasteiger partial charge in [-0.3, -0.25) is 4.79 Å². The predicted octanol–water partition coefficient (Wildman–Crippen LogP) is 4.33. The Morgan fingerprint density at radius 3 is 2.11 bits per heavy atom. The van der Waals surface area contributed by atoms with Gasteiger partial charge in [0.05, 0.1) is 30.4 Å². The zero-order valence-electron chi connectivity index (χ0n) is 22.2. The Bertz CT molecular complexity index is 1280. The number of hydrogen-bond donors (Lipinski definition) is 2. The fraction of sp³-hybridized carbons (Fsp3) is 0.400. The van der Waals surface area contributed by atoms with Crippen molar-refractivity contribution in [1.29, 1.82) is 0 Å². The van der Waals surface area contributed by atoms with Crippen LogP contribution in [-0.4, -0.2) is 53.3 Å². The molecule has 3 aromatic rings. The van der Waals surface area contributed by atoms with E-state index < -0.39 is 22.1 Å². The summed E-state index contributed by atoms with van der Waals surface area (Å²) in [4.78, 5) is 21.4.